The number of nitrogens with one attached hydrogen (secondary N) is 2. The van der Waals surface area contributed by atoms with E-state index in [4.69, 9.17) is 0 Å². The van der Waals surface area contributed by atoms with Gasteiger partial charge in [-0.15, -0.1) is 11.3 Å². The molecule has 2 N–H and O–H groups in total. The van der Waals surface area contributed by atoms with Crippen molar-refractivity contribution in [3.8, 4) is 0 Å². The van der Waals surface area contributed by atoms with Crippen molar-refractivity contribution in [3.63, 3.8) is 0 Å². The van der Waals surface area contributed by atoms with Crippen molar-refractivity contribution in [2.24, 2.45) is 0 Å². The zero-order valence-corrected chi connectivity index (χ0v) is 12.6. The van der Waals surface area contributed by atoms with Gasteiger partial charge in [0.1, 0.15) is 5.01 Å². The monoisotopic (exact) mass is 296 g/mol. The molecule has 1 saturated heterocycles. The number of likely N-dealkylation sites (tertiary alicyclic amines) is 1. The second-order valence-electron chi connectivity index (χ2n) is 4.99. The van der Waals surface area contributed by atoms with Crippen molar-refractivity contribution >= 4 is 23.3 Å². The Bertz CT molecular complexity index is 480. The van der Waals surface area contributed by atoms with Gasteiger partial charge in [-0.2, -0.15) is 0 Å². The van der Waals surface area contributed by atoms with Gasteiger partial charge in [-0.25, -0.2) is 9.78 Å². The number of carbonyl (C=O) groups is 2. The molecule has 2 heterocycles. The summed E-state index contributed by atoms with van der Waals surface area (Å²) >= 11 is 1.54. The van der Waals surface area contributed by atoms with Crippen molar-refractivity contribution in [2.75, 3.05) is 13.1 Å². The standard InChI is InChI=1S/C13H20N4O2S/c1-9-8-20-12(15-9)7-14-13(19)16-11-3-5-17(6-4-11)10(2)18/h8,11H,3-7H2,1-2H3,(H2,14,16,19). The number of thiazole rings is 1. The minimum atomic E-state index is -0.167. The van der Waals surface area contributed by atoms with E-state index in [9.17, 15) is 9.59 Å². The average Bonchev–Trinajstić information content (AvgIpc) is 2.83. The molecule has 20 heavy (non-hydrogen) atoms. The van der Waals surface area contributed by atoms with E-state index < -0.39 is 0 Å². The van der Waals surface area contributed by atoms with Gasteiger partial charge in [0.2, 0.25) is 5.91 Å². The van der Waals surface area contributed by atoms with Gasteiger partial charge in [-0.1, -0.05) is 0 Å². The summed E-state index contributed by atoms with van der Waals surface area (Å²) in [6.07, 6.45) is 1.62. The van der Waals surface area contributed by atoms with Crippen LogP contribution < -0.4 is 10.6 Å². The van der Waals surface area contributed by atoms with Gasteiger partial charge in [-0.3, -0.25) is 4.79 Å². The van der Waals surface area contributed by atoms with Gasteiger partial charge in [0.05, 0.1) is 6.54 Å². The maximum absolute atomic E-state index is 11.8. The number of rotatable bonds is 3. The Morgan fingerprint density at radius 2 is 2.15 bits per heavy atom. The Morgan fingerprint density at radius 3 is 2.70 bits per heavy atom. The lowest BCUT2D eigenvalue weighted by molar-refractivity contribution is -0.129. The summed E-state index contributed by atoms with van der Waals surface area (Å²) in [7, 11) is 0. The highest BCUT2D eigenvalue weighted by Crippen LogP contribution is 2.10. The molecule has 0 bridgehead atoms. The lowest BCUT2D eigenvalue weighted by Gasteiger charge is -2.31. The SMILES string of the molecule is CC(=O)N1CCC(NC(=O)NCc2nc(C)cs2)CC1. The first kappa shape index (κ1) is 14.8. The number of aryl methyl sites for hydroxylation is 1. The first-order valence-electron chi connectivity index (χ1n) is 6.75. The third-order valence-corrected chi connectivity index (χ3v) is 4.31. The zero-order chi connectivity index (χ0) is 14.5. The summed E-state index contributed by atoms with van der Waals surface area (Å²) < 4.78 is 0. The summed E-state index contributed by atoms with van der Waals surface area (Å²) in [5, 5.41) is 8.63. The average molecular weight is 296 g/mol. The van der Waals surface area contributed by atoms with Gasteiger partial charge in [0.15, 0.2) is 0 Å². The molecule has 1 aliphatic heterocycles. The number of nitrogens with zero attached hydrogens (tertiary/aromatic N) is 2. The van der Waals surface area contributed by atoms with Crippen LogP contribution >= 0.6 is 11.3 Å². The molecule has 1 aromatic heterocycles. The molecule has 0 aromatic carbocycles. The molecule has 0 aliphatic carbocycles. The van der Waals surface area contributed by atoms with E-state index in [1.54, 1.807) is 18.3 Å². The topological polar surface area (TPSA) is 74.3 Å². The van der Waals surface area contributed by atoms with Crippen LogP contribution in [-0.4, -0.2) is 41.0 Å². The Labute approximate surface area is 122 Å². The lowest BCUT2D eigenvalue weighted by Crippen LogP contribution is -2.48. The van der Waals surface area contributed by atoms with Crippen molar-refractivity contribution < 1.29 is 9.59 Å². The molecule has 0 unspecified atom stereocenters. The first-order chi connectivity index (χ1) is 9.54. The van der Waals surface area contributed by atoms with Crippen molar-refractivity contribution in [1.29, 1.82) is 0 Å². The summed E-state index contributed by atoms with van der Waals surface area (Å²) in [6.45, 7) is 5.40. The predicted molar refractivity (Wildman–Crippen MR) is 77.5 cm³/mol. The third kappa shape index (κ3) is 4.19. The van der Waals surface area contributed by atoms with Crippen LogP contribution in [0.3, 0.4) is 0 Å². The molecule has 2 rings (SSSR count). The van der Waals surface area contributed by atoms with Gasteiger partial charge in [-0.05, 0) is 19.8 Å². The van der Waals surface area contributed by atoms with Crippen molar-refractivity contribution in [3.05, 3.63) is 16.1 Å². The number of piperidine rings is 1. The highest BCUT2D eigenvalue weighted by Gasteiger charge is 2.21. The second-order valence-corrected chi connectivity index (χ2v) is 5.93. The number of carbonyl (C=O) groups excluding carboxylic acids is 2. The maximum atomic E-state index is 11.8. The molecule has 110 valence electrons. The number of hydrogen-bond acceptors (Lipinski definition) is 4. The molecule has 3 amide bonds. The Hall–Kier alpha value is -1.63. The number of amides is 3. The molecular weight excluding hydrogens is 276 g/mol. The fraction of sp³-hybridized carbons (Fsp3) is 0.615. The molecule has 0 spiro atoms. The Morgan fingerprint density at radius 1 is 1.45 bits per heavy atom. The molecule has 0 radical (unpaired) electrons. The predicted octanol–water partition coefficient (Wildman–Crippen LogP) is 1.26. The van der Waals surface area contributed by atoms with Gasteiger partial charge >= 0.3 is 6.03 Å². The van der Waals surface area contributed by atoms with E-state index in [0.29, 0.717) is 19.6 Å². The number of hydrogen-bond donors (Lipinski definition) is 2. The van der Waals surface area contributed by atoms with E-state index in [-0.39, 0.29) is 18.0 Å². The minimum absolute atomic E-state index is 0.104. The Balaban J connectivity index is 1.69. The van der Waals surface area contributed by atoms with E-state index in [1.807, 2.05) is 17.2 Å². The molecule has 1 aromatic rings. The van der Waals surface area contributed by atoms with Gasteiger partial charge < -0.3 is 15.5 Å². The summed E-state index contributed by atoms with van der Waals surface area (Å²) in [4.78, 5) is 29.1. The van der Waals surface area contributed by atoms with Crippen LogP contribution in [0.15, 0.2) is 5.38 Å². The highest BCUT2D eigenvalue weighted by atomic mass is 32.1. The molecule has 1 aliphatic rings. The van der Waals surface area contributed by atoms with Crippen LogP contribution in [0, 0.1) is 6.92 Å². The molecule has 6 nitrogen and oxygen atoms in total. The first-order valence-corrected chi connectivity index (χ1v) is 7.63. The van der Waals surface area contributed by atoms with Crippen LogP contribution in [0.5, 0.6) is 0 Å². The summed E-state index contributed by atoms with van der Waals surface area (Å²) in [6, 6.07) is -0.0252. The fourth-order valence-corrected chi connectivity index (χ4v) is 2.93. The van der Waals surface area contributed by atoms with Crippen LogP contribution in [-0.2, 0) is 11.3 Å². The third-order valence-electron chi connectivity index (χ3n) is 3.34. The van der Waals surface area contributed by atoms with Crippen LogP contribution in [0.25, 0.3) is 0 Å². The van der Waals surface area contributed by atoms with E-state index in [0.717, 1.165) is 23.5 Å². The van der Waals surface area contributed by atoms with Crippen LogP contribution in [0.2, 0.25) is 0 Å². The normalized spacial score (nSPS) is 16.0. The molecule has 1 fully saturated rings. The largest absolute Gasteiger partial charge is 0.343 e. The molecular formula is C13H20N4O2S. The van der Waals surface area contributed by atoms with Gasteiger partial charge in [0, 0.05) is 37.1 Å². The van der Waals surface area contributed by atoms with Gasteiger partial charge in [0.25, 0.3) is 0 Å². The smallest absolute Gasteiger partial charge is 0.315 e. The summed E-state index contributed by atoms with van der Waals surface area (Å²) in [5.74, 6) is 0.104. The Kier molecular flexibility index (Phi) is 4.94. The highest BCUT2D eigenvalue weighted by molar-refractivity contribution is 7.09. The second kappa shape index (κ2) is 6.69. The quantitative estimate of drug-likeness (QED) is 0.882. The molecule has 0 atom stereocenters. The lowest BCUT2D eigenvalue weighted by atomic mass is 10.1. The summed E-state index contributed by atoms with van der Waals surface area (Å²) in [5.41, 5.74) is 0.976. The van der Waals surface area contributed by atoms with Crippen LogP contribution in [0.1, 0.15) is 30.5 Å². The number of urea groups is 1. The zero-order valence-electron chi connectivity index (χ0n) is 11.8. The molecule has 0 saturated carbocycles. The van der Waals surface area contributed by atoms with Crippen molar-refractivity contribution in [1.82, 2.24) is 20.5 Å². The fourth-order valence-electron chi connectivity index (χ4n) is 2.21. The minimum Gasteiger partial charge on any atom is -0.343 e. The molecule has 7 heteroatoms. The number of aromatic nitrogens is 1. The van der Waals surface area contributed by atoms with E-state index in [2.05, 4.69) is 15.6 Å². The maximum Gasteiger partial charge on any atom is 0.315 e. The van der Waals surface area contributed by atoms with Crippen LogP contribution in [0.4, 0.5) is 4.79 Å². The van der Waals surface area contributed by atoms with E-state index in [1.165, 1.54) is 0 Å². The van der Waals surface area contributed by atoms with Crippen molar-refractivity contribution in [2.45, 2.75) is 39.3 Å². The van der Waals surface area contributed by atoms with E-state index >= 15 is 0 Å².